The minimum absolute atomic E-state index is 0.00485. The number of carbonyl (C=O) groups is 2. The number of anilines is 1. The van der Waals surface area contributed by atoms with E-state index in [1.54, 1.807) is 23.0 Å². The fraction of sp³-hybridized carbons (Fsp3) is 0.562. The molecular formula is C16H23N3O2S. The first-order chi connectivity index (χ1) is 10.6. The Balaban J connectivity index is 2.10. The second-order valence-corrected chi connectivity index (χ2v) is 6.58. The highest BCUT2D eigenvalue weighted by molar-refractivity contribution is 8.00. The summed E-state index contributed by atoms with van der Waals surface area (Å²) in [6.45, 7) is 5.37. The molecule has 1 aliphatic heterocycles. The molecule has 0 saturated heterocycles. The van der Waals surface area contributed by atoms with Crippen LogP contribution in [0.4, 0.5) is 5.69 Å². The first kappa shape index (κ1) is 16.8. The molecule has 2 amide bonds. The number of carbonyl (C=O) groups excluding carboxylic acids is 2. The van der Waals surface area contributed by atoms with Gasteiger partial charge >= 0.3 is 0 Å². The quantitative estimate of drug-likeness (QED) is 0.808. The van der Waals surface area contributed by atoms with Crippen LogP contribution in [0.15, 0.2) is 23.4 Å². The normalized spacial score (nSPS) is 17.3. The summed E-state index contributed by atoms with van der Waals surface area (Å²) in [5.41, 5.74) is 0.850. The van der Waals surface area contributed by atoms with Gasteiger partial charge in [-0.25, -0.2) is 4.98 Å². The van der Waals surface area contributed by atoms with Crippen LogP contribution in [0.5, 0.6) is 0 Å². The fourth-order valence-electron chi connectivity index (χ4n) is 2.45. The smallest absolute Gasteiger partial charge is 0.241 e. The summed E-state index contributed by atoms with van der Waals surface area (Å²) in [7, 11) is 1.81. The predicted octanol–water partition coefficient (Wildman–Crippen LogP) is 2.56. The van der Waals surface area contributed by atoms with Crippen LogP contribution >= 0.6 is 11.8 Å². The number of aromatic nitrogens is 1. The monoisotopic (exact) mass is 321 g/mol. The summed E-state index contributed by atoms with van der Waals surface area (Å²) >= 11 is 1.40. The summed E-state index contributed by atoms with van der Waals surface area (Å²) in [6, 6.07) is 3.74. The highest BCUT2D eigenvalue weighted by Gasteiger charge is 2.35. The Morgan fingerprint density at radius 2 is 2.23 bits per heavy atom. The SMILES string of the molecule is CCCCN(C)C(=O)C[C@@H]1Sc2ncccc2N(CC)C1=O. The number of hydrogen-bond donors (Lipinski definition) is 0. The van der Waals surface area contributed by atoms with Crippen LogP contribution in [0.3, 0.4) is 0 Å². The summed E-state index contributed by atoms with van der Waals surface area (Å²) in [6.07, 6.45) is 3.99. The third-order valence-corrected chi connectivity index (χ3v) is 4.98. The van der Waals surface area contributed by atoms with Crippen molar-refractivity contribution in [3.8, 4) is 0 Å². The molecule has 0 spiro atoms. The van der Waals surface area contributed by atoms with Gasteiger partial charge in [-0.1, -0.05) is 25.1 Å². The van der Waals surface area contributed by atoms with Crippen LogP contribution in [0.1, 0.15) is 33.1 Å². The number of pyridine rings is 1. The molecule has 0 N–H and O–H groups in total. The molecule has 2 heterocycles. The zero-order valence-electron chi connectivity index (χ0n) is 13.4. The number of fused-ring (bicyclic) bond motifs is 1. The number of unbranched alkanes of at least 4 members (excludes halogenated alkanes) is 1. The molecule has 0 radical (unpaired) electrons. The molecule has 0 aliphatic carbocycles. The first-order valence-electron chi connectivity index (χ1n) is 7.75. The van der Waals surface area contributed by atoms with Crippen molar-refractivity contribution in [3.63, 3.8) is 0 Å². The lowest BCUT2D eigenvalue weighted by atomic mass is 10.2. The van der Waals surface area contributed by atoms with E-state index in [1.807, 2.05) is 19.1 Å². The largest absolute Gasteiger partial charge is 0.346 e. The van der Waals surface area contributed by atoms with Crippen LogP contribution in [0, 0.1) is 0 Å². The van der Waals surface area contributed by atoms with Crippen molar-refractivity contribution in [2.24, 2.45) is 0 Å². The van der Waals surface area contributed by atoms with E-state index in [-0.39, 0.29) is 23.5 Å². The summed E-state index contributed by atoms with van der Waals surface area (Å²) in [4.78, 5) is 32.7. The van der Waals surface area contributed by atoms with E-state index in [2.05, 4.69) is 11.9 Å². The number of rotatable bonds is 6. The van der Waals surface area contributed by atoms with Gasteiger partial charge in [0.05, 0.1) is 10.9 Å². The van der Waals surface area contributed by atoms with E-state index in [0.29, 0.717) is 6.54 Å². The van der Waals surface area contributed by atoms with Gasteiger partial charge in [0.2, 0.25) is 11.8 Å². The van der Waals surface area contributed by atoms with Crippen molar-refractivity contribution < 1.29 is 9.59 Å². The van der Waals surface area contributed by atoms with Gasteiger partial charge in [-0.3, -0.25) is 9.59 Å². The van der Waals surface area contributed by atoms with Gasteiger partial charge in [0, 0.05) is 32.8 Å². The Morgan fingerprint density at radius 3 is 2.91 bits per heavy atom. The van der Waals surface area contributed by atoms with Crippen molar-refractivity contribution >= 4 is 29.3 Å². The van der Waals surface area contributed by atoms with E-state index in [0.717, 1.165) is 30.1 Å². The summed E-state index contributed by atoms with van der Waals surface area (Å²) in [5.74, 6) is 0.0278. The molecule has 6 heteroatoms. The Morgan fingerprint density at radius 1 is 1.45 bits per heavy atom. The molecule has 2 rings (SSSR count). The molecule has 1 aromatic heterocycles. The first-order valence-corrected chi connectivity index (χ1v) is 8.63. The Bertz CT molecular complexity index is 550. The number of nitrogens with zero attached hydrogens (tertiary/aromatic N) is 3. The maximum absolute atomic E-state index is 12.6. The maximum Gasteiger partial charge on any atom is 0.241 e. The zero-order valence-corrected chi connectivity index (χ0v) is 14.2. The molecular weight excluding hydrogens is 298 g/mol. The summed E-state index contributed by atoms with van der Waals surface area (Å²) in [5, 5.41) is 0.455. The Kier molecular flexibility index (Phi) is 5.83. The molecule has 0 aromatic carbocycles. The van der Waals surface area contributed by atoms with Crippen molar-refractivity contribution in [2.45, 2.75) is 43.4 Å². The molecule has 0 saturated carbocycles. The van der Waals surface area contributed by atoms with Crippen LogP contribution in [-0.2, 0) is 9.59 Å². The third-order valence-electron chi connectivity index (χ3n) is 3.79. The molecule has 120 valence electrons. The standard InChI is InChI=1S/C16H23N3O2S/c1-4-6-10-18(3)14(20)11-13-16(21)19(5-2)12-8-7-9-17-15(12)22-13/h7-9,13H,4-6,10-11H2,1-3H3/t13-/m0/s1. The van der Waals surface area contributed by atoms with Crippen LogP contribution in [0.2, 0.25) is 0 Å². The van der Waals surface area contributed by atoms with Crippen molar-refractivity contribution in [1.29, 1.82) is 0 Å². The van der Waals surface area contributed by atoms with E-state index < -0.39 is 0 Å². The Hall–Kier alpha value is -1.56. The Labute approximate surface area is 136 Å². The zero-order chi connectivity index (χ0) is 16.1. The van der Waals surface area contributed by atoms with Crippen LogP contribution in [0.25, 0.3) is 0 Å². The fourth-order valence-corrected chi connectivity index (χ4v) is 3.59. The van der Waals surface area contributed by atoms with Crippen molar-refractivity contribution in [1.82, 2.24) is 9.88 Å². The number of hydrogen-bond acceptors (Lipinski definition) is 4. The van der Waals surface area contributed by atoms with Gasteiger partial charge < -0.3 is 9.80 Å². The highest BCUT2D eigenvalue weighted by atomic mass is 32.2. The van der Waals surface area contributed by atoms with E-state index in [9.17, 15) is 9.59 Å². The van der Waals surface area contributed by atoms with E-state index >= 15 is 0 Å². The molecule has 1 aliphatic rings. The topological polar surface area (TPSA) is 53.5 Å². The molecule has 5 nitrogen and oxygen atoms in total. The minimum atomic E-state index is -0.376. The summed E-state index contributed by atoms with van der Waals surface area (Å²) < 4.78 is 0. The van der Waals surface area contributed by atoms with Gasteiger partial charge in [-0.05, 0) is 25.5 Å². The van der Waals surface area contributed by atoms with Gasteiger partial charge in [0.15, 0.2) is 0 Å². The highest BCUT2D eigenvalue weighted by Crippen LogP contribution is 2.38. The molecule has 0 fully saturated rings. The average molecular weight is 321 g/mol. The van der Waals surface area contributed by atoms with Gasteiger partial charge in [-0.15, -0.1) is 0 Å². The average Bonchev–Trinajstić information content (AvgIpc) is 2.53. The number of thioether (sulfide) groups is 1. The molecule has 1 atom stereocenters. The minimum Gasteiger partial charge on any atom is -0.346 e. The van der Waals surface area contributed by atoms with Crippen LogP contribution < -0.4 is 4.90 Å². The molecule has 0 bridgehead atoms. The van der Waals surface area contributed by atoms with Gasteiger partial charge in [0.1, 0.15) is 5.03 Å². The van der Waals surface area contributed by atoms with Crippen molar-refractivity contribution in [3.05, 3.63) is 18.3 Å². The van der Waals surface area contributed by atoms with Gasteiger partial charge in [0.25, 0.3) is 0 Å². The second kappa shape index (κ2) is 7.63. The van der Waals surface area contributed by atoms with Crippen molar-refractivity contribution in [2.75, 3.05) is 25.0 Å². The maximum atomic E-state index is 12.6. The lowest BCUT2D eigenvalue weighted by Gasteiger charge is -2.32. The third kappa shape index (κ3) is 3.61. The predicted molar refractivity (Wildman–Crippen MR) is 89.1 cm³/mol. The molecule has 1 aromatic rings. The molecule has 22 heavy (non-hydrogen) atoms. The van der Waals surface area contributed by atoms with E-state index in [1.165, 1.54) is 11.8 Å². The lowest BCUT2D eigenvalue weighted by Crippen LogP contribution is -2.43. The lowest BCUT2D eigenvalue weighted by molar-refractivity contribution is -0.131. The number of amides is 2. The molecule has 0 unspecified atom stereocenters. The second-order valence-electron chi connectivity index (χ2n) is 5.39. The van der Waals surface area contributed by atoms with E-state index in [4.69, 9.17) is 0 Å². The van der Waals surface area contributed by atoms with Crippen LogP contribution in [-0.4, -0.2) is 47.1 Å². The van der Waals surface area contributed by atoms with Gasteiger partial charge in [-0.2, -0.15) is 0 Å².